The molecule has 2 atom stereocenters. The van der Waals surface area contributed by atoms with Crippen molar-refractivity contribution in [1.29, 1.82) is 5.26 Å². The molecular formula is C10H17N3O. The molecule has 0 aromatic rings. The van der Waals surface area contributed by atoms with Crippen LogP contribution in [0.1, 0.15) is 19.8 Å². The Morgan fingerprint density at radius 1 is 1.79 bits per heavy atom. The van der Waals surface area contributed by atoms with Crippen molar-refractivity contribution in [2.24, 2.45) is 5.92 Å². The highest BCUT2D eigenvalue weighted by Gasteiger charge is 2.26. The van der Waals surface area contributed by atoms with Crippen LogP contribution in [0, 0.1) is 17.2 Å². The minimum atomic E-state index is -0.0293. The fourth-order valence-corrected chi connectivity index (χ4v) is 1.70. The number of amides is 1. The van der Waals surface area contributed by atoms with E-state index in [0.29, 0.717) is 6.42 Å². The van der Waals surface area contributed by atoms with Gasteiger partial charge >= 0.3 is 0 Å². The second kappa shape index (κ2) is 4.97. The van der Waals surface area contributed by atoms with Crippen molar-refractivity contribution in [3.8, 4) is 6.07 Å². The molecule has 1 aliphatic heterocycles. The largest absolute Gasteiger partial charge is 0.352 e. The topological polar surface area (TPSA) is 56.1 Å². The van der Waals surface area contributed by atoms with Gasteiger partial charge in [-0.1, -0.05) is 0 Å². The molecule has 4 heteroatoms. The molecule has 0 aliphatic carbocycles. The third-order valence-electron chi connectivity index (χ3n) is 2.55. The number of likely N-dealkylation sites (tertiary alicyclic amines) is 1. The predicted molar refractivity (Wildman–Crippen MR) is 53.4 cm³/mol. The summed E-state index contributed by atoms with van der Waals surface area (Å²) in [6.45, 7) is 3.69. The number of nitrogens with zero attached hydrogens (tertiary/aromatic N) is 2. The molecular weight excluding hydrogens is 178 g/mol. The molecule has 0 aromatic heterocycles. The molecule has 0 bridgehead atoms. The van der Waals surface area contributed by atoms with Gasteiger partial charge in [0, 0.05) is 12.6 Å². The first-order valence-electron chi connectivity index (χ1n) is 4.99. The van der Waals surface area contributed by atoms with E-state index >= 15 is 0 Å². The van der Waals surface area contributed by atoms with Gasteiger partial charge in [0.05, 0.1) is 18.4 Å². The zero-order valence-corrected chi connectivity index (χ0v) is 8.79. The minimum absolute atomic E-state index is 0.0293. The lowest BCUT2D eigenvalue weighted by atomic mass is 10.1. The average molecular weight is 195 g/mol. The number of carbonyl (C=O) groups is 1. The van der Waals surface area contributed by atoms with Crippen molar-refractivity contribution in [2.75, 3.05) is 20.1 Å². The maximum atomic E-state index is 11.6. The monoisotopic (exact) mass is 195 g/mol. The molecule has 14 heavy (non-hydrogen) atoms. The van der Waals surface area contributed by atoms with Gasteiger partial charge in [0.25, 0.3) is 0 Å². The van der Waals surface area contributed by atoms with E-state index in [9.17, 15) is 4.79 Å². The lowest BCUT2D eigenvalue weighted by molar-refractivity contribution is -0.125. The van der Waals surface area contributed by atoms with E-state index < -0.39 is 0 Å². The molecule has 78 valence electrons. The Bertz CT molecular complexity index is 246. The number of carbonyl (C=O) groups excluding carboxylic acids is 1. The average Bonchev–Trinajstić information content (AvgIpc) is 2.52. The summed E-state index contributed by atoms with van der Waals surface area (Å²) in [7, 11) is 2.02. The van der Waals surface area contributed by atoms with E-state index in [-0.39, 0.29) is 17.9 Å². The molecule has 4 nitrogen and oxygen atoms in total. The van der Waals surface area contributed by atoms with Gasteiger partial charge in [0.2, 0.25) is 5.91 Å². The molecule has 0 radical (unpaired) electrons. The Morgan fingerprint density at radius 3 is 3.00 bits per heavy atom. The van der Waals surface area contributed by atoms with Crippen molar-refractivity contribution in [1.82, 2.24) is 10.2 Å². The SMILES string of the molecule is CC(CC#N)NC(=O)C1CCN(C)C1. The van der Waals surface area contributed by atoms with Crippen molar-refractivity contribution in [3.05, 3.63) is 0 Å². The van der Waals surface area contributed by atoms with Crippen molar-refractivity contribution in [3.63, 3.8) is 0 Å². The van der Waals surface area contributed by atoms with Crippen molar-refractivity contribution in [2.45, 2.75) is 25.8 Å². The molecule has 0 aromatic carbocycles. The van der Waals surface area contributed by atoms with Gasteiger partial charge in [-0.15, -0.1) is 0 Å². The Hall–Kier alpha value is -1.08. The summed E-state index contributed by atoms with van der Waals surface area (Å²) < 4.78 is 0. The summed E-state index contributed by atoms with van der Waals surface area (Å²) in [4.78, 5) is 13.8. The predicted octanol–water partition coefficient (Wildman–Crippen LogP) is 0.356. The molecule has 0 spiro atoms. The van der Waals surface area contributed by atoms with Gasteiger partial charge in [0.1, 0.15) is 0 Å². The highest BCUT2D eigenvalue weighted by Crippen LogP contribution is 2.14. The lowest BCUT2D eigenvalue weighted by Gasteiger charge is -2.14. The van der Waals surface area contributed by atoms with Crippen LogP contribution < -0.4 is 5.32 Å². The van der Waals surface area contributed by atoms with Crippen LogP contribution in [0.5, 0.6) is 0 Å². The molecule has 1 aliphatic rings. The Kier molecular flexibility index (Phi) is 3.90. The molecule has 1 rings (SSSR count). The molecule has 1 amide bonds. The van der Waals surface area contributed by atoms with Crippen LogP contribution in [-0.2, 0) is 4.79 Å². The van der Waals surface area contributed by atoms with Crippen LogP contribution in [0.3, 0.4) is 0 Å². The summed E-state index contributed by atoms with van der Waals surface area (Å²) in [5, 5.41) is 11.3. The number of rotatable bonds is 3. The smallest absolute Gasteiger partial charge is 0.224 e. The van der Waals surface area contributed by atoms with Crippen LogP contribution in [0.25, 0.3) is 0 Å². The Balaban J connectivity index is 2.32. The van der Waals surface area contributed by atoms with E-state index in [4.69, 9.17) is 5.26 Å². The van der Waals surface area contributed by atoms with Crippen LogP contribution in [0.2, 0.25) is 0 Å². The van der Waals surface area contributed by atoms with Crippen molar-refractivity contribution < 1.29 is 4.79 Å². The van der Waals surface area contributed by atoms with Gasteiger partial charge in [-0.05, 0) is 26.9 Å². The van der Waals surface area contributed by atoms with E-state index in [2.05, 4.69) is 10.2 Å². The molecule has 1 saturated heterocycles. The first-order valence-corrected chi connectivity index (χ1v) is 4.99. The summed E-state index contributed by atoms with van der Waals surface area (Å²) in [5.74, 6) is 0.207. The van der Waals surface area contributed by atoms with Gasteiger partial charge in [-0.2, -0.15) is 5.26 Å². The van der Waals surface area contributed by atoms with E-state index in [1.54, 1.807) is 0 Å². The lowest BCUT2D eigenvalue weighted by Crippen LogP contribution is -2.37. The first-order chi connectivity index (χ1) is 6.63. The van der Waals surface area contributed by atoms with Crippen LogP contribution in [-0.4, -0.2) is 37.0 Å². The first kappa shape index (κ1) is 11.0. The second-order valence-electron chi connectivity index (χ2n) is 4.02. The summed E-state index contributed by atoms with van der Waals surface area (Å²) in [6, 6.07) is 2.02. The number of nitrogens with one attached hydrogen (secondary N) is 1. The zero-order valence-electron chi connectivity index (χ0n) is 8.79. The van der Waals surface area contributed by atoms with Crippen molar-refractivity contribution >= 4 is 5.91 Å². The van der Waals surface area contributed by atoms with Gasteiger partial charge in [-0.3, -0.25) is 4.79 Å². The summed E-state index contributed by atoms with van der Waals surface area (Å²) in [5.41, 5.74) is 0. The quantitative estimate of drug-likeness (QED) is 0.707. The zero-order chi connectivity index (χ0) is 10.6. The van der Waals surface area contributed by atoms with E-state index in [0.717, 1.165) is 19.5 Å². The third kappa shape index (κ3) is 3.00. The maximum absolute atomic E-state index is 11.6. The number of nitriles is 1. The maximum Gasteiger partial charge on any atom is 0.224 e. The normalized spacial score (nSPS) is 24.2. The highest BCUT2D eigenvalue weighted by molar-refractivity contribution is 5.79. The third-order valence-corrected chi connectivity index (χ3v) is 2.55. The molecule has 2 unspecified atom stereocenters. The fraction of sp³-hybridized carbons (Fsp3) is 0.800. The summed E-state index contributed by atoms with van der Waals surface area (Å²) in [6.07, 6.45) is 1.32. The van der Waals surface area contributed by atoms with Gasteiger partial charge in [0.15, 0.2) is 0 Å². The molecule has 1 N–H and O–H groups in total. The highest BCUT2D eigenvalue weighted by atomic mass is 16.2. The number of hydrogen-bond acceptors (Lipinski definition) is 3. The van der Waals surface area contributed by atoms with E-state index in [1.807, 2.05) is 20.0 Å². The van der Waals surface area contributed by atoms with Crippen LogP contribution >= 0.6 is 0 Å². The van der Waals surface area contributed by atoms with Crippen LogP contribution in [0.4, 0.5) is 0 Å². The molecule has 1 fully saturated rings. The summed E-state index contributed by atoms with van der Waals surface area (Å²) >= 11 is 0. The number of hydrogen-bond donors (Lipinski definition) is 1. The molecule has 0 saturated carbocycles. The van der Waals surface area contributed by atoms with Gasteiger partial charge in [-0.25, -0.2) is 0 Å². The minimum Gasteiger partial charge on any atom is -0.352 e. The van der Waals surface area contributed by atoms with E-state index in [1.165, 1.54) is 0 Å². The molecule has 1 heterocycles. The van der Waals surface area contributed by atoms with Gasteiger partial charge < -0.3 is 10.2 Å². The second-order valence-corrected chi connectivity index (χ2v) is 4.02. The Labute approximate surface area is 84.9 Å². The standard InChI is InChI=1S/C10H17N3O/c1-8(3-5-11)12-10(14)9-4-6-13(2)7-9/h8-9H,3-4,6-7H2,1-2H3,(H,12,14). The fourth-order valence-electron chi connectivity index (χ4n) is 1.70. The Morgan fingerprint density at radius 2 is 2.50 bits per heavy atom. The van der Waals surface area contributed by atoms with Crippen LogP contribution in [0.15, 0.2) is 0 Å².